The van der Waals surface area contributed by atoms with Gasteiger partial charge in [0.05, 0.1) is 10.5 Å². The van der Waals surface area contributed by atoms with E-state index < -0.39 is 16.0 Å². The third-order valence-corrected chi connectivity index (χ3v) is 6.27. The molecule has 0 saturated carbocycles. The predicted octanol–water partition coefficient (Wildman–Crippen LogP) is 2.40. The summed E-state index contributed by atoms with van der Waals surface area (Å²) in [7, 11) is -3.66. The number of aryl methyl sites for hydroxylation is 1. The number of carbonyl (C=O) groups is 1. The Balaban J connectivity index is 1.75. The van der Waals surface area contributed by atoms with Crippen LogP contribution in [0.2, 0.25) is 0 Å². The molecule has 27 heavy (non-hydrogen) atoms. The van der Waals surface area contributed by atoms with E-state index in [9.17, 15) is 13.2 Å². The maximum absolute atomic E-state index is 13.0. The first-order valence-corrected chi connectivity index (χ1v) is 10.3. The molecule has 0 unspecified atom stereocenters. The number of benzene rings is 1. The highest BCUT2D eigenvalue weighted by Gasteiger charge is 2.32. The lowest BCUT2D eigenvalue weighted by atomic mass is 9.94. The summed E-state index contributed by atoms with van der Waals surface area (Å²) in [5.74, 6) is 0.576. The van der Waals surface area contributed by atoms with E-state index in [1.165, 1.54) is 28.6 Å². The maximum atomic E-state index is 13.0. The van der Waals surface area contributed by atoms with Gasteiger partial charge >= 0.3 is 5.97 Å². The molecule has 0 spiro atoms. The Bertz CT molecular complexity index is 915. The molecule has 8 nitrogen and oxygen atoms in total. The van der Waals surface area contributed by atoms with Gasteiger partial charge < -0.3 is 9.26 Å². The molecule has 2 heterocycles. The number of hydrogen-bond acceptors (Lipinski definition) is 7. The van der Waals surface area contributed by atoms with Crippen LogP contribution >= 0.6 is 0 Å². The number of hydrogen-bond donors (Lipinski definition) is 0. The highest BCUT2D eigenvalue weighted by molar-refractivity contribution is 7.89. The smallest absolute Gasteiger partial charge is 0.338 e. The third-order valence-electron chi connectivity index (χ3n) is 4.44. The van der Waals surface area contributed by atoms with Crippen LogP contribution in [0.4, 0.5) is 0 Å². The molecule has 2 atom stereocenters. The van der Waals surface area contributed by atoms with Gasteiger partial charge in [-0.25, -0.2) is 13.2 Å². The lowest BCUT2D eigenvalue weighted by Gasteiger charge is -2.34. The second-order valence-corrected chi connectivity index (χ2v) is 9.05. The van der Waals surface area contributed by atoms with E-state index >= 15 is 0 Å². The molecule has 1 aliphatic rings. The number of nitrogens with zero attached hydrogens (tertiary/aromatic N) is 3. The van der Waals surface area contributed by atoms with E-state index in [4.69, 9.17) is 9.26 Å². The summed E-state index contributed by atoms with van der Waals surface area (Å²) in [5, 5.41) is 3.62. The second-order valence-electron chi connectivity index (χ2n) is 7.11. The summed E-state index contributed by atoms with van der Waals surface area (Å²) < 4.78 is 37.5. The van der Waals surface area contributed by atoms with Crippen molar-refractivity contribution in [1.82, 2.24) is 14.4 Å². The minimum atomic E-state index is -3.66. The average molecular weight is 393 g/mol. The molecular weight excluding hydrogens is 370 g/mol. The molecule has 0 amide bonds. The molecule has 3 rings (SSSR count). The van der Waals surface area contributed by atoms with Crippen LogP contribution in [0, 0.1) is 18.8 Å². The van der Waals surface area contributed by atoms with E-state index in [2.05, 4.69) is 10.1 Å². The van der Waals surface area contributed by atoms with Gasteiger partial charge in [0, 0.05) is 13.1 Å². The van der Waals surface area contributed by atoms with Crippen LogP contribution < -0.4 is 0 Å². The highest BCUT2D eigenvalue weighted by atomic mass is 32.2. The zero-order valence-corrected chi connectivity index (χ0v) is 16.4. The van der Waals surface area contributed by atoms with E-state index in [0.717, 1.165) is 6.42 Å². The average Bonchev–Trinajstić information content (AvgIpc) is 3.04. The summed E-state index contributed by atoms with van der Waals surface area (Å²) in [6, 6.07) is 5.90. The monoisotopic (exact) mass is 393 g/mol. The van der Waals surface area contributed by atoms with Crippen molar-refractivity contribution in [3.63, 3.8) is 0 Å². The molecule has 1 aliphatic heterocycles. The van der Waals surface area contributed by atoms with E-state index in [0.29, 0.717) is 30.7 Å². The lowest BCUT2D eigenvalue weighted by Crippen LogP contribution is -2.42. The van der Waals surface area contributed by atoms with Crippen LogP contribution in [-0.2, 0) is 21.4 Å². The molecule has 1 aromatic carbocycles. The van der Waals surface area contributed by atoms with Crippen molar-refractivity contribution < 1.29 is 22.5 Å². The zero-order chi connectivity index (χ0) is 19.6. The van der Waals surface area contributed by atoms with Crippen molar-refractivity contribution in [3.05, 3.63) is 41.5 Å². The van der Waals surface area contributed by atoms with Crippen molar-refractivity contribution >= 4 is 16.0 Å². The number of rotatable bonds is 5. The van der Waals surface area contributed by atoms with Gasteiger partial charge in [-0.3, -0.25) is 0 Å². The van der Waals surface area contributed by atoms with Gasteiger partial charge in [-0.2, -0.15) is 9.29 Å². The molecule has 1 fully saturated rings. The number of sulfonamides is 1. The number of ether oxygens (including phenoxy) is 1. The van der Waals surface area contributed by atoms with Crippen LogP contribution in [-0.4, -0.2) is 41.9 Å². The van der Waals surface area contributed by atoms with Gasteiger partial charge in [0.1, 0.15) is 0 Å². The summed E-state index contributed by atoms with van der Waals surface area (Å²) in [6.45, 7) is 6.55. The SMILES string of the molecule is Cc1noc(COC(=O)c2cccc(S(=O)(=O)N3C[C@@H](C)C[C@H](C)C3)c2)n1. The zero-order valence-electron chi connectivity index (χ0n) is 15.6. The molecule has 9 heteroatoms. The molecule has 0 N–H and O–H groups in total. The molecule has 1 aromatic heterocycles. The van der Waals surface area contributed by atoms with Crippen molar-refractivity contribution in [2.75, 3.05) is 13.1 Å². The van der Waals surface area contributed by atoms with E-state index in [1.807, 2.05) is 13.8 Å². The fourth-order valence-electron chi connectivity index (χ4n) is 3.34. The lowest BCUT2D eigenvalue weighted by molar-refractivity contribution is 0.0429. The maximum Gasteiger partial charge on any atom is 0.338 e. The largest absolute Gasteiger partial charge is 0.452 e. The first-order chi connectivity index (χ1) is 12.8. The van der Waals surface area contributed by atoms with E-state index in [1.54, 1.807) is 6.92 Å². The first kappa shape index (κ1) is 19.5. The summed E-state index contributed by atoms with van der Waals surface area (Å²) in [6.07, 6.45) is 1.01. The van der Waals surface area contributed by atoms with Gasteiger partial charge in [0.15, 0.2) is 12.4 Å². The fraction of sp³-hybridized carbons (Fsp3) is 0.500. The van der Waals surface area contributed by atoms with E-state index in [-0.39, 0.29) is 23.0 Å². The van der Waals surface area contributed by atoms with Crippen LogP contribution in [0.5, 0.6) is 0 Å². The number of piperidine rings is 1. The minimum absolute atomic E-state index is 0.0897. The van der Waals surface area contributed by atoms with Crippen molar-refractivity contribution in [2.45, 2.75) is 38.7 Å². The number of carbonyl (C=O) groups excluding carboxylic acids is 1. The first-order valence-electron chi connectivity index (χ1n) is 8.82. The molecule has 1 saturated heterocycles. The Morgan fingerprint density at radius 2 is 2.00 bits per heavy atom. The van der Waals surface area contributed by atoms with Gasteiger partial charge in [0.25, 0.3) is 5.89 Å². The number of aromatic nitrogens is 2. The normalized spacial score (nSPS) is 21.1. The topological polar surface area (TPSA) is 103 Å². The summed E-state index contributed by atoms with van der Waals surface area (Å²) >= 11 is 0. The molecule has 2 aromatic rings. The van der Waals surface area contributed by atoms with Gasteiger partial charge in [-0.1, -0.05) is 25.1 Å². The standard InChI is InChI=1S/C18H23N3O5S/c1-12-7-13(2)10-21(9-12)27(23,24)16-6-4-5-15(8-16)18(22)25-11-17-19-14(3)20-26-17/h4-6,8,12-13H,7,9-11H2,1-3H3/t12-,13-/m0/s1. The molecule has 0 radical (unpaired) electrons. The van der Waals surface area contributed by atoms with Gasteiger partial charge in [-0.15, -0.1) is 0 Å². The van der Waals surface area contributed by atoms with Crippen LogP contribution in [0.1, 0.15) is 42.3 Å². The minimum Gasteiger partial charge on any atom is -0.452 e. The predicted molar refractivity (Wildman–Crippen MR) is 96.3 cm³/mol. The van der Waals surface area contributed by atoms with Crippen molar-refractivity contribution in [2.24, 2.45) is 11.8 Å². The van der Waals surface area contributed by atoms with Crippen molar-refractivity contribution in [1.29, 1.82) is 0 Å². The van der Waals surface area contributed by atoms with Crippen LogP contribution in [0.3, 0.4) is 0 Å². The Labute approximate surface area is 158 Å². The summed E-state index contributed by atoms with van der Waals surface area (Å²) in [5.41, 5.74) is 0.158. The Kier molecular flexibility index (Phi) is 5.61. The highest BCUT2D eigenvalue weighted by Crippen LogP contribution is 2.27. The van der Waals surface area contributed by atoms with Crippen molar-refractivity contribution in [3.8, 4) is 0 Å². The van der Waals surface area contributed by atoms with Crippen LogP contribution in [0.25, 0.3) is 0 Å². The molecule has 0 aliphatic carbocycles. The fourth-order valence-corrected chi connectivity index (χ4v) is 5.07. The summed E-state index contributed by atoms with van der Waals surface area (Å²) in [4.78, 5) is 16.3. The van der Waals surface area contributed by atoms with Crippen LogP contribution in [0.15, 0.2) is 33.7 Å². The quantitative estimate of drug-likeness (QED) is 0.719. The van der Waals surface area contributed by atoms with Gasteiger partial charge in [0.2, 0.25) is 10.0 Å². The molecule has 0 bridgehead atoms. The third kappa shape index (κ3) is 4.54. The Morgan fingerprint density at radius 3 is 2.63 bits per heavy atom. The number of esters is 1. The molecule has 146 valence electrons. The second kappa shape index (κ2) is 7.77. The Morgan fingerprint density at radius 1 is 1.30 bits per heavy atom. The van der Waals surface area contributed by atoms with Gasteiger partial charge in [-0.05, 0) is 43.4 Å². The molecular formula is C18H23N3O5S. The Hall–Kier alpha value is -2.26.